The Morgan fingerprint density at radius 3 is 2.83 bits per heavy atom. The number of nitrogens with one attached hydrogen (secondary N) is 1. The van der Waals surface area contributed by atoms with Crippen LogP contribution in [0.2, 0.25) is 0 Å². The Morgan fingerprint density at radius 1 is 1.39 bits per heavy atom. The summed E-state index contributed by atoms with van der Waals surface area (Å²) in [5.74, 6) is 0.641. The normalized spacial score (nSPS) is 23.1. The summed E-state index contributed by atoms with van der Waals surface area (Å²) in [6.07, 6.45) is 3.70. The van der Waals surface area contributed by atoms with E-state index >= 15 is 0 Å². The van der Waals surface area contributed by atoms with Gasteiger partial charge in [-0.1, -0.05) is 34.5 Å². The molecule has 0 radical (unpaired) electrons. The standard InChI is InChI=1S/C15H20BrNO/c1-10-5-3-7-13(11(10)2)15(18)17-9-12-6-4-8-14(12)16/h3,5,7,12,14H,4,6,8-9H2,1-2H3,(H,17,18). The van der Waals surface area contributed by atoms with Crippen LogP contribution in [0.1, 0.15) is 40.7 Å². The summed E-state index contributed by atoms with van der Waals surface area (Å²) in [4.78, 5) is 12.7. The second-order valence-electron chi connectivity index (χ2n) is 5.16. The topological polar surface area (TPSA) is 29.1 Å². The Balaban J connectivity index is 1.97. The highest BCUT2D eigenvalue weighted by Gasteiger charge is 2.25. The lowest BCUT2D eigenvalue weighted by Gasteiger charge is -2.15. The molecule has 18 heavy (non-hydrogen) atoms. The van der Waals surface area contributed by atoms with Crippen LogP contribution in [-0.4, -0.2) is 17.3 Å². The fourth-order valence-electron chi connectivity index (χ4n) is 2.54. The van der Waals surface area contributed by atoms with Gasteiger partial charge in [0, 0.05) is 16.9 Å². The molecule has 2 nitrogen and oxygen atoms in total. The van der Waals surface area contributed by atoms with E-state index in [1.165, 1.54) is 24.8 Å². The quantitative estimate of drug-likeness (QED) is 0.849. The summed E-state index contributed by atoms with van der Waals surface area (Å²) in [5.41, 5.74) is 3.05. The predicted molar refractivity (Wildman–Crippen MR) is 78.3 cm³/mol. The van der Waals surface area contributed by atoms with Crippen molar-refractivity contribution in [1.82, 2.24) is 5.32 Å². The van der Waals surface area contributed by atoms with Gasteiger partial charge in [0.25, 0.3) is 5.91 Å². The van der Waals surface area contributed by atoms with Crippen molar-refractivity contribution in [3.05, 3.63) is 34.9 Å². The van der Waals surface area contributed by atoms with Crippen molar-refractivity contribution in [2.24, 2.45) is 5.92 Å². The van der Waals surface area contributed by atoms with Crippen molar-refractivity contribution in [2.45, 2.75) is 37.9 Å². The molecule has 1 aliphatic rings. The van der Waals surface area contributed by atoms with Crippen molar-refractivity contribution in [3.63, 3.8) is 0 Å². The number of benzene rings is 1. The van der Waals surface area contributed by atoms with Crippen LogP contribution in [-0.2, 0) is 0 Å². The lowest BCUT2D eigenvalue weighted by atomic mass is 10.0. The van der Waals surface area contributed by atoms with Gasteiger partial charge in [0.05, 0.1) is 0 Å². The largest absolute Gasteiger partial charge is 0.352 e. The molecule has 1 N–H and O–H groups in total. The van der Waals surface area contributed by atoms with Crippen molar-refractivity contribution < 1.29 is 4.79 Å². The minimum Gasteiger partial charge on any atom is -0.352 e. The van der Waals surface area contributed by atoms with E-state index in [0.717, 1.165) is 17.7 Å². The lowest BCUT2D eigenvalue weighted by molar-refractivity contribution is 0.0947. The molecule has 1 amide bonds. The van der Waals surface area contributed by atoms with Crippen LogP contribution >= 0.6 is 15.9 Å². The first-order chi connectivity index (χ1) is 8.59. The lowest BCUT2D eigenvalue weighted by Crippen LogP contribution is -2.31. The van der Waals surface area contributed by atoms with Crippen LogP contribution < -0.4 is 5.32 Å². The maximum absolute atomic E-state index is 12.2. The predicted octanol–water partition coefficient (Wildman–Crippen LogP) is 3.60. The zero-order valence-electron chi connectivity index (χ0n) is 11.0. The monoisotopic (exact) mass is 309 g/mol. The number of carbonyl (C=O) groups is 1. The number of amides is 1. The fourth-order valence-corrected chi connectivity index (χ4v) is 3.31. The zero-order chi connectivity index (χ0) is 13.1. The second kappa shape index (κ2) is 5.87. The average molecular weight is 310 g/mol. The molecule has 1 aliphatic carbocycles. The summed E-state index contributed by atoms with van der Waals surface area (Å²) in [6.45, 7) is 4.83. The molecule has 0 saturated heterocycles. The molecule has 0 heterocycles. The Morgan fingerprint density at radius 2 is 2.17 bits per heavy atom. The smallest absolute Gasteiger partial charge is 0.251 e. The molecular formula is C15H20BrNO. The number of rotatable bonds is 3. The molecule has 3 heteroatoms. The Labute approximate surface area is 117 Å². The number of alkyl halides is 1. The van der Waals surface area contributed by atoms with E-state index in [4.69, 9.17) is 0 Å². The van der Waals surface area contributed by atoms with E-state index in [2.05, 4.69) is 21.2 Å². The maximum atomic E-state index is 12.2. The molecule has 0 bridgehead atoms. The first kappa shape index (κ1) is 13.6. The zero-order valence-corrected chi connectivity index (χ0v) is 12.6. The summed E-state index contributed by atoms with van der Waals surface area (Å²) in [7, 11) is 0. The Kier molecular flexibility index (Phi) is 4.44. The third-order valence-electron chi connectivity index (χ3n) is 3.94. The molecule has 98 valence electrons. The number of carbonyl (C=O) groups excluding carboxylic acids is 1. The van der Waals surface area contributed by atoms with Crippen LogP contribution in [0.5, 0.6) is 0 Å². The maximum Gasteiger partial charge on any atom is 0.251 e. The van der Waals surface area contributed by atoms with Crippen LogP contribution in [0, 0.1) is 19.8 Å². The van der Waals surface area contributed by atoms with E-state index in [1.807, 2.05) is 32.0 Å². The van der Waals surface area contributed by atoms with Crippen LogP contribution in [0.4, 0.5) is 0 Å². The highest BCUT2D eigenvalue weighted by molar-refractivity contribution is 9.09. The van der Waals surface area contributed by atoms with Gasteiger partial charge in [-0.3, -0.25) is 4.79 Å². The molecule has 0 spiro atoms. The van der Waals surface area contributed by atoms with E-state index in [9.17, 15) is 4.79 Å². The van der Waals surface area contributed by atoms with Crippen molar-refractivity contribution >= 4 is 21.8 Å². The summed E-state index contributed by atoms with van der Waals surface area (Å²) in [6, 6.07) is 5.88. The van der Waals surface area contributed by atoms with Gasteiger partial charge in [-0.15, -0.1) is 0 Å². The molecule has 2 rings (SSSR count). The van der Waals surface area contributed by atoms with Crippen molar-refractivity contribution in [3.8, 4) is 0 Å². The Hall–Kier alpha value is -0.830. The van der Waals surface area contributed by atoms with E-state index < -0.39 is 0 Å². The SMILES string of the molecule is Cc1cccc(C(=O)NCC2CCCC2Br)c1C. The molecule has 2 atom stereocenters. The number of hydrogen-bond donors (Lipinski definition) is 1. The highest BCUT2D eigenvalue weighted by atomic mass is 79.9. The van der Waals surface area contributed by atoms with Gasteiger partial charge in [-0.2, -0.15) is 0 Å². The Bertz CT molecular complexity index is 444. The van der Waals surface area contributed by atoms with Crippen molar-refractivity contribution in [2.75, 3.05) is 6.54 Å². The van der Waals surface area contributed by atoms with Crippen molar-refractivity contribution in [1.29, 1.82) is 0 Å². The van der Waals surface area contributed by atoms with Gasteiger partial charge in [-0.25, -0.2) is 0 Å². The molecule has 1 fully saturated rings. The third-order valence-corrected chi connectivity index (χ3v) is 5.15. The van der Waals surface area contributed by atoms with Gasteiger partial charge >= 0.3 is 0 Å². The summed E-state index contributed by atoms with van der Waals surface area (Å²) in [5, 5.41) is 3.07. The minimum atomic E-state index is 0.0581. The molecule has 0 aromatic heterocycles. The number of halogens is 1. The number of hydrogen-bond acceptors (Lipinski definition) is 1. The number of aryl methyl sites for hydroxylation is 1. The van der Waals surface area contributed by atoms with Gasteiger partial charge in [0.2, 0.25) is 0 Å². The van der Waals surface area contributed by atoms with Gasteiger partial charge in [0.15, 0.2) is 0 Å². The van der Waals surface area contributed by atoms with Crippen LogP contribution in [0.3, 0.4) is 0 Å². The molecule has 1 saturated carbocycles. The molecule has 0 aliphatic heterocycles. The van der Waals surface area contributed by atoms with Crippen LogP contribution in [0.15, 0.2) is 18.2 Å². The fraction of sp³-hybridized carbons (Fsp3) is 0.533. The highest BCUT2D eigenvalue weighted by Crippen LogP contribution is 2.30. The van der Waals surface area contributed by atoms with E-state index in [-0.39, 0.29) is 5.91 Å². The third kappa shape index (κ3) is 2.94. The second-order valence-corrected chi connectivity index (χ2v) is 6.34. The summed E-state index contributed by atoms with van der Waals surface area (Å²) < 4.78 is 0. The van der Waals surface area contributed by atoms with Gasteiger partial charge in [0.1, 0.15) is 0 Å². The first-order valence-corrected chi connectivity index (χ1v) is 7.49. The molecule has 1 aromatic carbocycles. The van der Waals surface area contributed by atoms with Gasteiger partial charge < -0.3 is 5.32 Å². The van der Waals surface area contributed by atoms with Gasteiger partial charge in [-0.05, 0) is 49.8 Å². The molecular weight excluding hydrogens is 290 g/mol. The molecule has 2 unspecified atom stereocenters. The molecule has 1 aromatic rings. The summed E-state index contributed by atoms with van der Waals surface area (Å²) >= 11 is 3.69. The average Bonchev–Trinajstić information content (AvgIpc) is 2.75. The first-order valence-electron chi connectivity index (χ1n) is 6.58. The van der Waals surface area contributed by atoms with Crippen LogP contribution in [0.25, 0.3) is 0 Å². The van der Waals surface area contributed by atoms with E-state index in [1.54, 1.807) is 0 Å². The minimum absolute atomic E-state index is 0.0581. The van der Waals surface area contributed by atoms with E-state index in [0.29, 0.717) is 10.7 Å².